The third kappa shape index (κ3) is 3.37. The molecule has 2 N–H and O–H groups in total. The molecule has 3 aromatic rings. The Labute approximate surface area is 172 Å². The number of benzene rings is 2. The Bertz CT molecular complexity index is 1330. The predicted octanol–water partition coefficient (Wildman–Crippen LogP) is 1.76. The summed E-state index contributed by atoms with van der Waals surface area (Å²) in [7, 11) is -0.763. The molecule has 1 fully saturated rings. The Hall–Kier alpha value is -3.11. The largest absolute Gasteiger partial charge is 0.493 e. The fourth-order valence-corrected chi connectivity index (χ4v) is 5.52. The Kier molecular flexibility index (Phi) is 5.12. The average molecular weight is 431 g/mol. The summed E-state index contributed by atoms with van der Waals surface area (Å²) in [5, 5.41) is 0. The van der Waals surface area contributed by atoms with Gasteiger partial charge in [0.2, 0.25) is 10.0 Å². The average Bonchev–Trinajstić information content (AvgIpc) is 3.24. The molecule has 30 heavy (non-hydrogen) atoms. The van der Waals surface area contributed by atoms with E-state index in [2.05, 4.69) is 9.97 Å². The van der Waals surface area contributed by atoms with Gasteiger partial charge in [-0.15, -0.1) is 0 Å². The zero-order valence-corrected chi connectivity index (χ0v) is 17.3. The highest BCUT2D eigenvalue weighted by atomic mass is 32.2. The van der Waals surface area contributed by atoms with Crippen LogP contribution in [0.3, 0.4) is 0 Å². The van der Waals surface area contributed by atoms with E-state index in [4.69, 9.17) is 9.47 Å². The normalized spacial score (nSPS) is 17.3. The zero-order chi connectivity index (χ0) is 21.5. The maximum absolute atomic E-state index is 13.4. The number of aromatic amines is 2. The summed E-state index contributed by atoms with van der Waals surface area (Å²) in [5.41, 5.74) is -0.196. The van der Waals surface area contributed by atoms with Gasteiger partial charge in [-0.05, 0) is 48.7 Å². The number of methoxy groups -OCH3 is 2. The highest BCUT2D eigenvalue weighted by Crippen LogP contribution is 2.39. The highest BCUT2D eigenvalue weighted by molar-refractivity contribution is 7.89. The molecule has 4 rings (SSSR count). The van der Waals surface area contributed by atoms with Crippen molar-refractivity contribution in [3.63, 3.8) is 0 Å². The van der Waals surface area contributed by atoms with Gasteiger partial charge in [-0.1, -0.05) is 6.07 Å². The summed E-state index contributed by atoms with van der Waals surface area (Å²) in [6.45, 7) is 0.377. The molecule has 0 saturated carbocycles. The van der Waals surface area contributed by atoms with Gasteiger partial charge in [-0.3, -0.25) is 9.59 Å². The van der Waals surface area contributed by atoms with Crippen molar-refractivity contribution in [1.82, 2.24) is 14.3 Å². The van der Waals surface area contributed by atoms with Crippen molar-refractivity contribution in [3.8, 4) is 11.5 Å². The van der Waals surface area contributed by atoms with Crippen molar-refractivity contribution < 1.29 is 17.9 Å². The van der Waals surface area contributed by atoms with E-state index in [0.717, 1.165) is 12.0 Å². The number of H-pyrrole nitrogens is 2. The third-order valence-electron chi connectivity index (χ3n) is 5.30. The summed E-state index contributed by atoms with van der Waals surface area (Å²) in [5.74, 6) is 1.10. The minimum atomic E-state index is -3.84. The van der Waals surface area contributed by atoms with Crippen LogP contribution in [-0.4, -0.2) is 43.5 Å². The van der Waals surface area contributed by atoms with Gasteiger partial charge in [0, 0.05) is 6.54 Å². The number of ether oxygens (including phenoxy) is 2. The third-order valence-corrected chi connectivity index (χ3v) is 7.20. The summed E-state index contributed by atoms with van der Waals surface area (Å²) >= 11 is 0. The van der Waals surface area contributed by atoms with Gasteiger partial charge in [-0.25, -0.2) is 8.42 Å². The lowest BCUT2D eigenvalue weighted by molar-refractivity contribution is 0.351. The van der Waals surface area contributed by atoms with E-state index in [1.54, 1.807) is 19.2 Å². The van der Waals surface area contributed by atoms with Gasteiger partial charge in [0.25, 0.3) is 0 Å². The lowest BCUT2D eigenvalue weighted by Gasteiger charge is -2.25. The number of fused-ring (bicyclic) bond motifs is 1. The van der Waals surface area contributed by atoms with Gasteiger partial charge in [0.15, 0.2) is 11.5 Å². The van der Waals surface area contributed by atoms with Crippen LogP contribution in [0.2, 0.25) is 0 Å². The van der Waals surface area contributed by atoms with Crippen LogP contribution >= 0.6 is 0 Å². The first-order valence-electron chi connectivity index (χ1n) is 9.35. The lowest BCUT2D eigenvalue weighted by Crippen LogP contribution is -2.31. The SMILES string of the molecule is COc1ccc(C2CCCN2S(=O)(=O)c2ccc3[nH]c(=O)c(=O)[nH]c3c2)cc1OC. The van der Waals surface area contributed by atoms with Gasteiger partial charge in [0.05, 0.1) is 36.2 Å². The molecule has 0 bridgehead atoms. The number of sulfonamides is 1. The van der Waals surface area contributed by atoms with E-state index in [-0.39, 0.29) is 16.5 Å². The molecule has 1 aliphatic rings. The van der Waals surface area contributed by atoms with Crippen molar-refractivity contribution >= 4 is 21.1 Å². The number of rotatable bonds is 5. The van der Waals surface area contributed by atoms with Crippen LogP contribution in [0.5, 0.6) is 11.5 Å². The molecule has 1 aliphatic heterocycles. The highest BCUT2D eigenvalue weighted by Gasteiger charge is 2.36. The molecule has 1 saturated heterocycles. The Balaban J connectivity index is 1.75. The first-order chi connectivity index (χ1) is 14.3. The number of hydrogen-bond donors (Lipinski definition) is 2. The van der Waals surface area contributed by atoms with E-state index in [9.17, 15) is 18.0 Å². The minimum Gasteiger partial charge on any atom is -0.493 e. The van der Waals surface area contributed by atoms with E-state index in [1.807, 2.05) is 6.07 Å². The monoisotopic (exact) mass is 431 g/mol. The summed E-state index contributed by atoms with van der Waals surface area (Å²) in [6, 6.07) is 9.31. The molecule has 0 radical (unpaired) electrons. The van der Waals surface area contributed by atoms with Crippen LogP contribution < -0.4 is 20.6 Å². The zero-order valence-electron chi connectivity index (χ0n) is 16.5. The summed E-state index contributed by atoms with van der Waals surface area (Å²) in [6.07, 6.45) is 1.39. The second kappa shape index (κ2) is 7.62. The van der Waals surface area contributed by atoms with Crippen molar-refractivity contribution in [2.75, 3.05) is 20.8 Å². The molecule has 158 valence electrons. The van der Waals surface area contributed by atoms with Gasteiger partial charge in [-0.2, -0.15) is 4.31 Å². The lowest BCUT2D eigenvalue weighted by atomic mass is 10.0. The maximum Gasteiger partial charge on any atom is 0.314 e. The fourth-order valence-electron chi connectivity index (χ4n) is 3.81. The van der Waals surface area contributed by atoms with Crippen LogP contribution in [0.1, 0.15) is 24.4 Å². The molecule has 0 aliphatic carbocycles. The molecular weight excluding hydrogens is 410 g/mol. The van der Waals surface area contributed by atoms with E-state index >= 15 is 0 Å². The first kappa shape index (κ1) is 20.2. The smallest absolute Gasteiger partial charge is 0.314 e. The molecule has 2 heterocycles. The van der Waals surface area contributed by atoms with Crippen LogP contribution in [0.4, 0.5) is 0 Å². The molecule has 0 amide bonds. The molecule has 1 atom stereocenters. The molecule has 9 nitrogen and oxygen atoms in total. The Morgan fingerprint density at radius 2 is 1.63 bits per heavy atom. The number of hydrogen-bond acceptors (Lipinski definition) is 6. The van der Waals surface area contributed by atoms with Crippen LogP contribution in [0.25, 0.3) is 11.0 Å². The van der Waals surface area contributed by atoms with Crippen molar-refractivity contribution in [1.29, 1.82) is 0 Å². The van der Waals surface area contributed by atoms with E-state index in [0.29, 0.717) is 30.0 Å². The van der Waals surface area contributed by atoms with Crippen molar-refractivity contribution in [2.24, 2.45) is 0 Å². The number of nitrogens with one attached hydrogen (secondary N) is 2. The van der Waals surface area contributed by atoms with Gasteiger partial charge in [0.1, 0.15) is 0 Å². The van der Waals surface area contributed by atoms with Gasteiger partial charge < -0.3 is 19.4 Å². The number of aromatic nitrogens is 2. The van der Waals surface area contributed by atoms with Gasteiger partial charge >= 0.3 is 11.1 Å². The molecule has 1 aromatic heterocycles. The summed E-state index contributed by atoms with van der Waals surface area (Å²) in [4.78, 5) is 28.0. The molecule has 10 heteroatoms. The van der Waals surface area contributed by atoms with Crippen LogP contribution in [0.15, 0.2) is 50.9 Å². The molecule has 0 spiro atoms. The second-order valence-corrected chi connectivity index (χ2v) is 8.89. The molecule has 1 unspecified atom stereocenters. The number of nitrogens with zero attached hydrogens (tertiary/aromatic N) is 1. The van der Waals surface area contributed by atoms with Crippen LogP contribution in [0, 0.1) is 0 Å². The van der Waals surface area contributed by atoms with Crippen LogP contribution in [-0.2, 0) is 10.0 Å². The van der Waals surface area contributed by atoms with Crippen molar-refractivity contribution in [2.45, 2.75) is 23.8 Å². The second-order valence-electron chi connectivity index (χ2n) is 7.00. The van der Waals surface area contributed by atoms with E-state index in [1.165, 1.54) is 29.6 Å². The summed E-state index contributed by atoms with van der Waals surface area (Å²) < 4.78 is 38.9. The van der Waals surface area contributed by atoms with Crippen molar-refractivity contribution in [3.05, 3.63) is 62.7 Å². The standard InChI is InChI=1S/C20H21N3O6S/c1-28-17-8-5-12(10-18(17)29-2)16-4-3-9-23(16)30(26,27)13-6-7-14-15(11-13)22-20(25)19(24)21-14/h5-8,10-11,16H,3-4,9H2,1-2H3,(H,21,24)(H,22,25). The molecule has 2 aromatic carbocycles. The topological polar surface area (TPSA) is 122 Å². The Morgan fingerprint density at radius 3 is 2.33 bits per heavy atom. The maximum atomic E-state index is 13.4. The van der Waals surface area contributed by atoms with E-state index < -0.39 is 21.1 Å². The Morgan fingerprint density at radius 1 is 0.933 bits per heavy atom. The fraction of sp³-hybridized carbons (Fsp3) is 0.300. The predicted molar refractivity (Wildman–Crippen MR) is 111 cm³/mol. The minimum absolute atomic E-state index is 0.0464. The first-order valence-corrected chi connectivity index (χ1v) is 10.8. The quantitative estimate of drug-likeness (QED) is 0.594. The molecular formula is C20H21N3O6S.